The smallest absolute Gasteiger partial charge is 0.250 e. The van der Waals surface area contributed by atoms with Crippen molar-refractivity contribution in [1.29, 1.82) is 0 Å². The molecule has 4 aromatic rings. The first-order valence-corrected chi connectivity index (χ1v) is 18.0. The molecule has 13 heteroatoms. The average Bonchev–Trinajstić information content (AvgIpc) is 3.83. The minimum Gasteiger partial charge on any atom is -0.504 e. The number of ketones is 2. The molecule has 2 fully saturated rings. The van der Waals surface area contributed by atoms with Crippen LogP contribution in [0.25, 0.3) is 0 Å². The number of nitrogens with one attached hydrogen (secondary N) is 2. The second-order valence-electron chi connectivity index (χ2n) is 14.6. The molecular formula is C41H39ClN4O8. The Bertz CT molecular complexity index is 2260. The van der Waals surface area contributed by atoms with E-state index in [0.717, 1.165) is 0 Å². The van der Waals surface area contributed by atoms with Crippen molar-refractivity contribution < 1.29 is 38.9 Å². The average molecular weight is 751 g/mol. The Labute approximate surface area is 316 Å². The van der Waals surface area contributed by atoms with Crippen LogP contribution in [0.3, 0.4) is 0 Å². The Balaban J connectivity index is 1.23. The second-order valence-corrected chi connectivity index (χ2v) is 15.0. The first-order valence-electron chi connectivity index (χ1n) is 17.6. The third-order valence-corrected chi connectivity index (χ3v) is 12.3. The molecule has 4 aliphatic heterocycles. The second kappa shape index (κ2) is 12.9. The van der Waals surface area contributed by atoms with Gasteiger partial charge in [0.25, 0.3) is 0 Å². The highest BCUT2D eigenvalue weighted by molar-refractivity contribution is 6.31. The van der Waals surface area contributed by atoms with Gasteiger partial charge in [0.15, 0.2) is 23.0 Å². The van der Waals surface area contributed by atoms with Gasteiger partial charge in [0.1, 0.15) is 22.6 Å². The van der Waals surface area contributed by atoms with Crippen LogP contribution in [0.4, 0.5) is 11.4 Å². The number of rotatable bonds is 8. The van der Waals surface area contributed by atoms with Crippen molar-refractivity contribution in [2.75, 3.05) is 52.0 Å². The lowest BCUT2D eigenvalue weighted by molar-refractivity contribution is -0.139. The molecule has 0 radical (unpaired) electrons. The zero-order valence-electron chi connectivity index (χ0n) is 30.1. The highest BCUT2D eigenvalue weighted by Gasteiger charge is 2.66. The molecule has 4 aromatic carbocycles. The van der Waals surface area contributed by atoms with Crippen molar-refractivity contribution in [3.05, 3.63) is 106 Å². The van der Waals surface area contributed by atoms with E-state index in [1.807, 2.05) is 28.0 Å². The van der Waals surface area contributed by atoms with Crippen molar-refractivity contribution in [3.8, 4) is 23.0 Å². The summed E-state index contributed by atoms with van der Waals surface area (Å²) in [5, 5.41) is 27.7. The number of halogens is 1. The number of Topliss-reactive ketones (excluding diaryl/α,β-unsaturated/α-hetero) is 2. The molecule has 4 N–H and O–H groups in total. The third kappa shape index (κ3) is 4.89. The molecule has 4 heterocycles. The highest BCUT2D eigenvalue weighted by Crippen LogP contribution is 2.59. The lowest BCUT2D eigenvalue weighted by atomic mass is 9.68. The number of benzene rings is 4. The van der Waals surface area contributed by atoms with Gasteiger partial charge in [0, 0.05) is 58.4 Å². The number of nitrogens with zero attached hydrogens (tertiary/aromatic N) is 2. The van der Waals surface area contributed by atoms with E-state index in [0.29, 0.717) is 38.7 Å². The first kappa shape index (κ1) is 35.6. The number of hydrogen-bond acceptors (Lipinski definition) is 10. The fourth-order valence-electron chi connectivity index (χ4n) is 9.82. The Kier molecular flexibility index (Phi) is 8.48. The van der Waals surface area contributed by atoms with Gasteiger partial charge in [-0.15, -0.1) is 0 Å². The van der Waals surface area contributed by atoms with Crippen LogP contribution in [-0.4, -0.2) is 84.8 Å². The minimum absolute atomic E-state index is 0.111. The van der Waals surface area contributed by atoms with Crippen LogP contribution in [0, 0.1) is 11.8 Å². The highest BCUT2D eigenvalue weighted by atomic mass is 35.5. The molecule has 6 atom stereocenters. The molecule has 0 saturated carbocycles. The number of carbonyl (C=O) groups is 4. The Hall–Kier alpha value is -5.43. The molecule has 2 saturated heterocycles. The largest absolute Gasteiger partial charge is 0.504 e. The number of fused-ring (bicyclic) bond motifs is 4. The van der Waals surface area contributed by atoms with Crippen molar-refractivity contribution in [2.24, 2.45) is 11.8 Å². The first-order chi connectivity index (χ1) is 25.9. The molecule has 6 unspecified atom stereocenters. The molecule has 12 nitrogen and oxygen atoms in total. The summed E-state index contributed by atoms with van der Waals surface area (Å²) in [5.41, 5.74) is 0.704. The Morgan fingerprint density at radius 1 is 0.759 bits per heavy atom. The lowest BCUT2D eigenvalue weighted by Crippen LogP contribution is -2.51. The Morgan fingerprint density at radius 2 is 1.43 bits per heavy atom. The van der Waals surface area contributed by atoms with Crippen LogP contribution in [0.5, 0.6) is 23.0 Å². The number of anilines is 2. The van der Waals surface area contributed by atoms with Crippen LogP contribution in [-0.2, 0) is 30.3 Å². The molecule has 278 valence electrons. The standard InChI is InChI=1S/C41H39ClN4O8/c1-45-19-24(21-10-14-34(53-3)32(49)15-21)37(40(45)26-7-5-6-8-28(26)43-38(40)51)33(50)18-31(48)25-20-46(2)41(27-17-23(42)11-12-29(27)44-39(41)52)36(25)22-9-13-30(47)35(16-22)54-4/h5-17,24-25,36-37,47,49H,18-20H2,1-4H3,(H,43,51)(H,44,52). The summed E-state index contributed by atoms with van der Waals surface area (Å²) in [4.78, 5) is 62.2. The molecule has 0 aliphatic carbocycles. The van der Waals surface area contributed by atoms with E-state index in [1.54, 1.807) is 68.7 Å². The summed E-state index contributed by atoms with van der Waals surface area (Å²) < 4.78 is 10.7. The van der Waals surface area contributed by atoms with Crippen LogP contribution in [0.15, 0.2) is 78.9 Å². The molecule has 54 heavy (non-hydrogen) atoms. The van der Waals surface area contributed by atoms with Gasteiger partial charge in [0.05, 0.1) is 26.6 Å². The molecular weight excluding hydrogens is 712 g/mol. The van der Waals surface area contributed by atoms with Gasteiger partial charge in [0.2, 0.25) is 11.8 Å². The zero-order chi connectivity index (χ0) is 38.3. The van der Waals surface area contributed by atoms with Gasteiger partial charge in [-0.3, -0.25) is 29.0 Å². The zero-order valence-corrected chi connectivity index (χ0v) is 30.8. The van der Waals surface area contributed by atoms with Gasteiger partial charge in [-0.25, -0.2) is 0 Å². The molecule has 8 rings (SSSR count). The number of ether oxygens (including phenoxy) is 2. The van der Waals surface area contributed by atoms with Gasteiger partial charge < -0.3 is 30.3 Å². The number of aromatic hydroxyl groups is 2. The van der Waals surface area contributed by atoms with Gasteiger partial charge in [-0.1, -0.05) is 41.9 Å². The molecule has 0 bridgehead atoms. The summed E-state index contributed by atoms with van der Waals surface area (Å²) >= 11 is 6.51. The van der Waals surface area contributed by atoms with Crippen molar-refractivity contribution in [1.82, 2.24) is 9.80 Å². The monoisotopic (exact) mass is 750 g/mol. The van der Waals surface area contributed by atoms with Crippen LogP contribution in [0.1, 0.15) is 40.5 Å². The van der Waals surface area contributed by atoms with Crippen molar-refractivity contribution in [3.63, 3.8) is 0 Å². The number of likely N-dealkylation sites (tertiary alicyclic amines) is 2. The third-order valence-electron chi connectivity index (χ3n) is 12.1. The van der Waals surface area contributed by atoms with Gasteiger partial charge >= 0.3 is 0 Å². The lowest BCUT2D eigenvalue weighted by Gasteiger charge is -2.37. The van der Waals surface area contributed by atoms with Crippen molar-refractivity contribution >= 4 is 46.4 Å². The van der Waals surface area contributed by atoms with E-state index in [2.05, 4.69) is 10.6 Å². The quantitative estimate of drug-likeness (QED) is 0.181. The summed E-state index contributed by atoms with van der Waals surface area (Å²) in [6.45, 7) is 0.398. The normalized spacial score (nSPS) is 27.2. The predicted octanol–water partition coefficient (Wildman–Crippen LogP) is 4.98. The van der Waals surface area contributed by atoms with Crippen molar-refractivity contribution in [2.45, 2.75) is 29.3 Å². The SMILES string of the molecule is COc1ccc(C2CN(C)C3(C(=O)Nc4ccccc43)C2C(=O)CC(=O)C2CN(C)C3(C(=O)Nc4ccc(Cl)cc43)C2c2ccc(O)c(OC)c2)cc1O. The van der Waals surface area contributed by atoms with Crippen LogP contribution >= 0.6 is 11.6 Å². The van der Waals surface area contributed by atoms with Crippen LogP contribution in [0.2, 0.25) is 5.02 Å². The number of para-hydroxylation sites is 1. The topological polar surface area (TPSA) is 158 Å². The maximum absolute atomic E-state index is 15.1. The fraction of sp³-hybridized carbons (Fsp3) is 0.317. The maximum Gasteiger partial charge on any atom is 0.250 e. The maximum atomic E-state index is 15.1. The number of hydrogen-bond donors (Lipinski definition) is 4. The number of likely N-dealkylation sites (N-methyl/N-ethyl adjacent to an activating group) is 2. The molecule has 4 aliphatic rings. The summed E-state index contributed by atoms with van der Waals surface area (Å²) in [5.74, 6) is -4.70. The molecule has 2 amide bonds. The summed E-state index contributed by atoms with van der Waals surface area (Å²) in [7, 11) is 6.42. The van der Waals surface area contributed by atoms with E-state index in [9.17, 15) is 24.6 Å². The Morgan fingerprint density at radius 3 is 2.15 bits per heavy atom. The number of carbonyl (C=O) groups excluding carboxylic acids is 4. The molecule has 2 spiro atoms. The summed E-state index contributed by atoms with van der Waals surface area (Å²) in [6.07, 6.45) is -0.529. The van der Waals surface area contributed by atoms with Gasteiger partial charge in [-0.2, -0.15) is 0 Å². The number of phenolic OH excluding ortho intramolecular Hbond substituents is 2. The van der Waals surface area contributed by atoms with Gasteiger partial charge in [-0.05, 0) is 73.8 Å². The van der Waals surface area contributed by atoms with Crippen LogP contribution < -0.4 is 20.1 Å². The summed E-state index contributed by atoms with van der Waals surface area (Å²) in [6, 6.07) is 22.0. The van der Waals surface area contributed by atoms with E-state index in [-0.39, 0.29) is 47.9 Å². The van der Waals surface area contributed by atoms with E-state index in [4.69, 9.17) is 21.1 Å². The fourth-order valence-corrected chi connectivity index (χ4v) is 9.99. The molecule has 0 aromatic heterocycles. The number of methoxy groups -OCH3 is 2. The van der Waals surface area contributed by atoms with E-state index in [1.165, 1.54) is 20.3 Å². The minimum atomic E-state index is -1.44. The number of phenols is 2. The predicted molar refractivity (Wildman–Crippen MR) is 200 cm³/mol. The van der Waals surface area contributed by atoms with E-state index < -0.39 is 52.7 Å². The van der Waals surface area contributed by atoms with E-state index >= 15 is 4.79 Å². The number of amides is 2.